The first kappa shape index (κ1) is 18.1. The lowest BCUT2D eigenvalue weighted by molar-refractivity contribution is -0.385. The molecular formula is C17H21N5O4. The van der Waals surface area contributed by atoms with Crippen LogP contribution in [0, 0.1) is 27.4 Å². The molecule has 0 bridgehead atoms. The van der Waals surface area contributed by atoms with Crippen molar-refractivity contribution in [3.8, 4) is 6.07 Å². The van der Waals surface area contributed by atoms with Crippen LogP contribution in [-0.4, -0.2) is 48.2 Å². The number of carbonyl (C=O) groups is 1. The van der Waals surface area contributed by atoms with Crippen LogP contribution >= 0.6 is 0 Å². The van der Waals surface area contributed by atoms with Gasteiger partial charge in [0.15, 0.2) is 0 Å². The van der Waals surface area contributed by atoms with Gasteiger partial charge in [0.25, 0.3) is 5.69 Å². The largest absolute Gasteiger partial charge is 0.376 e. The lowest BCUT2D eigenvalue weighted by atomic mass is 9.95. The molecular weight excluding hydrogens is 338 g/mol. The Balaban J connectivity index is 1.55. The topological polar surface area (TPSA) is 121 Å². The average Bonchev–Trinajstić information content (AvgIpc) is 3.19. The zero-order valence-corrected chi connectivity index (χ0v) is 14.4. The fourth-order valence-corrected chi connectivity index (χ4v) is 3.40. The molecule has 1 amide bonds. The van der Waals surface area contributed by atoms with Crippen molar-refractivity contribution in [2.24, 2.45) is 5.92 Å². The van der Waals surface area contributed by atoms with Crippen molar-refractivity contribution in [3.05, 3.63) is 27.9 Å². The van der Waals surface area contributed by atoms with Gasteiger partial charge in [-0.15, -0.1) is 0 Å². The van der Waals surface area contributed by atoms with Crippen molar-refractivity contribution in [1.29, 1.82) is 5.26 Å². The van der Waals surface area contributed by atoms with Crippen molar-refractivity contribution in [2.45, 2.75) is 31.8 Å². The second kappa shape index (κ2) is 8.10. The third-order valence-corrected chi connectivity index (χ3v) is 4.88. The fraction of sp³-hybridized carbons (Fsp3) is 0.588. The van der Waals surface area contributed by atoms with Gasteiger partial charge in [0.1, 0.15) is 23.6 Å². The van der Waals surface area contributed by atoms with Crippen LogP contribution in [0.2, 0.25) is 0 Å². The minimum absolute atomic E-state index is 0.0392. The third-order valence-electron chi connectivity index (χ3n) is 4.88. The van der Waals surface area contributed by atoms with E-state index in [0.29, 0.717) is 38.3 Å². The number of nitrogens with zero attached hydrogens (tertiary/aromatic N) is 4. The fourth-order valence-electron chi connectivity index (χ4n) is 3.40. The Morgan fingerprint density at radius 2 is 2.23 bits per heavy atom. The van der Waals surface area contributed by atoms with Crippen molar-refractivity contribution in [3.63, 3.8) is 0 Å². The van der Waals surface area contributed by atoms with E-state index in [1.807, 2.05) is 11.0 Å². The smallest absolute Gasteiger partial charge is 0.289 e. The molecule has 0 spiro atoms. The Morgan fingerprint density at radius 3 is 2.85 bits per heavy atom. The molecule has 9 nitrogen and oxygen atoms in total. The van der Waals surface area contributed by atoms with E-state index in [0.717, 1.165) is 25.6 Å². The van der Waals surface area contributed by atoms with Crippen LogP contribution in [0.15, 0.2) is 12.3 Å². The van der Waals surface area contributed by atoms with E-state index in [1.165, 1.54) is 6.07 Å². The molecule has 1 N–H and O–H groups in total. The highest BCUT2D eigenvalue weighted by Crippen LogP contribution is 2.26. The summed E-state index contributed by atoms with van der Waals surface area (Å²) in [4.78, 5) is 28.6. The number of nitrogens with one attached hydrogen (secondary N) is 1. The SMILES string of the molecule is N#Cc1cc([N+](=O)[O-])cnc1N1CCC(C(=O)NC[C@H]2CCCO2)CC1. The normalized spacial score (nSPS) is 20.6. The molecule has 2 fully saturated rings. The summed E-state index contributed by atoms with van der Waals surface area (Å²) in [5, 5.41) is 23.0. The molecule has 1 aromatic heterocycles. The molecule has 26 heavy (non-hydrogen) atoms. The molecule has 9 heteroatoms. The number of anilines is 1. The summed E-state index contributed by atoms with van der Waals surface area (Å²) in [6.07, 6.45) is 4.63. The van der Waals surface area contributed by atoms with Gasteiger partial charge in [0.2, 0.25) is 5.91 Å². The number of hydrogen-bond acceptors (Lipinski definition) is 7. The summed E-state index contributed by atoms with van der Waals surface area (Å²) in [6.45, 7) is 2.49. The standard InChI is InChI=1S/C17H21N5O4/c18-9-13-8-14(22(24)25)10-19-16(13)21-5-3-12(4-6-21)17(23)20-11-15-2-1-7-26-15/h8,10,12,15H,1-7,11H2,(H,20,23)/t15-/m1/s1. The summed E-state index contributed by atoms with van der Waals surface area (Å²) in [5.41, 5.74) is -0.0193. The molecule has 2 aliphatic rings. The van der Waals surface area contributed by atoms with Gasteiger partial charge in [-0.25, -0.2) is 4.98 Å². The van der Waals surface area contributed by atoms with E-state index in [4.69, 9.17) is 4.74 Å². The van der Waals surface area contributed by atoms with Crippen LogP contribution in [0.1, 0.15) is 31.2 Å². The number of amides is 1. The number of ether oxygens (including phenoxy) is 1. The molecule has 0 aliphatic carbocycles. The molecule has 0 saturated carbocycles. The predicted octanol–water partition coefficient (Wildman–Crippen LogP) is 1.37. The summed E-state index contributed by atoms with van der Waals surface area (Å²) >= 11 is 0. The van der Waals surface area contributed by atoms with Gasteiger partial charge in [-0.2, -0.15) is 5.26 Å². The number of piperidine rings is 1. The number of hydrogen-bond donors (Lipinski definition) is 1. The van der Waals surface area contributed by atoms with E-state index in [2.05, 4.69) is 10.3 Å². The van der Waals surface area contributed by atoms with Gasteiger partial charge in [-0.05, 0) is 25.7 Å². The van der Waals surface area contributed by atoms with Gasteiger partial charge >= 0.3 is 0 Å². The Bertz CT molecular complexity index is 718. The number of aromatic nitrogens is 1. The van der Waals surface area contributed by atoms with E-state index < -0.39 is 4.92 Å². The van der Waals surface area contributed by atoms with Crippen LogP contribution in [0.25, 0.3) is 0 Å². The Morgan fingerprint density at radius 1 is 1.46 bits per heavy atom. The predicted molar refractivity (Wildman–Crippen MR) is 92.5 cm³/mol. The maximum Gasteiger partial charge on any atom is 0.289 e. The molecule has 0 radical (unpaired) electrons. The zero-order chi connectivity index (χ0) is 18.5. The average molecular weight is 359 g/mol. The summed E-state index contributed by atoms with van der Waals surface area (Å²) in [6, 6.07) is 3.21. The van der Waals surface area contributed by atoms with Crippen LogP contribution < -0.4 is 10.2 Å². The number of rotatable bonds is 5. The summed E-state index contributed by atoms with van der Waals surface area (Å²) in [5.74, 6) is 0.407. The van der Waals surface area contributed by atoms with Crippen molar-refractivity contribution >= 4 is 17.4 Å². The molecule has 138 valence electrons. The van der Waals surface area contributed by atoms with Crippen LogP contribution in [-0.2, 0) is 9.53 Å². The second-order valence-corrected chi connectivity index (χ2v) is 6.58. The maximum absolute atomic E-state index is 12.3. The molecule has 0 aromatic carbocycles. The van der Waals surface area contributed by atoms with Crippen molar-refractivity contribution < 1.29 is 14.5 Å². The first-order valence-corrected chi connectivity index (χ1v) is 8.77. The second-order valence-electron chi connectivity index (χ2n) is 6.58. The highest BCUT2D eigenvalue weighted by molar-refractivity contribution is 5.79. The molecule has 2 aliphatic heterocycles. The summed E-state index contributed by atoms with van der Waals surface area (Å²) < 4.78 is 5.51. The molecule has 3 rings (SSSR count). The summed E-state index contributed by atoms with van der Waals surface area (Å²) in [7, 11) is 0. The monoisotopic (exact) mass is 359 g/mol. The number of pyridine rings is 1. The van der Waals surface area contributed by atoms with E-state index in [9.17, 15) is 20.2 Å². The number of nitriles is 1. The lowest BCUT2D eigenvalue weighted by Gasteiger charge is -2.32. The minimum Gasteiger partial charge on any atom is -0.376 e. The number of carbonyl (C=O) groups excluding carboxylic acids is 1. The molecule has 1 aromatic rings. The minimum atomic E-state index is -0.567. The Labute approximate surface area is 151 Å². The Hall–Kier alpha value is -2.73. The van der Waals surface area contributed by atoms with Crippen molar-refractivity contribution in [2.75, 3.05) is 31.1 Å². The molecule has 3 heterocycles. The van der Waals surface area contributed by atoms with Gasteiger partial charge in [-0.3, -0.25) is 14.9 Å². The first-order chi connectivity index (χ1) is 12.6. The highest BCUT2D eigenvalue weighted by atomic mass is 16.6. The quantitative estimate of drug-likeness (QED) is 0.622. The molecule has 1 atom stereocenters. The van der Waals surface area contributed by atoms with Gasteiger partial charge < -0.3 is 15.0 Å². The molecule has 2 saturated heterocycles. The van der Waals surface area contributed by atoms with Crippen LogP contribution in [0.4, 0.5) is 11.5 Å². The molecule has 0 unspecified atom stereocenters. The maximum atomic E-state index is 12.3. The van der Waals surface area contributed by atoms with E-state index in [-0.39, 0.29) is 29.2 Å². The van der Waals surface area contributed by atoms with Gasteiger partial charge in [0, 0.05) is 38.2 Å². The first-order valence-electron chi connectivity index (χ1n) is 8.77. The van der Waals surface area contributed by atoms with Crippen LogP contribution in [0.5, 0.6) is 0 Å². The van der Waals surface area contributed by atoms with E-state index >= 15 is 0 Å². The van der Waals surface area contributed by atoms with Gasteiger partial charge in [-0.1, -0.05) is 0 Å². The Kier molecular flexibility index (Phi) is 5.63. The van der Waals surface area contributed by atoms with E-state index in [1.54, 1.807) is 0 Å². The lowest BCUT2D eigenvalue weighted by Crippen LogP contribution is -2.42. The van der Waals surface area contributed by atoms with Gasteiger partial charge in [0.05, 0.1) is 11.0 Å². The third kappa shape index (κ3) is 4.08. The highest BCUT2D eigenvalue weighted by Gasteiger charge is 2.28. The van der Waals surface area contributed by atoms with Crippen molar-refractivity contribution in [1.82, 2.24) is 10.3 Å². The zero-order valence-electron chi connectivity index (χ0n) is 14.4. The number of nitro groups is 1. The van der Waals surface area contributed by atoms with Crippen LogP contribution in [0.3, 0.4) is 0 Å².